The van der Waals surface area contributed by atoms with E-state index < -0.39 is 0 Å². The molecule has 1 N–H and O–H groups in total. The lowest BCUT2D eigenvalue weighted by Crippen LogP contribution is -2.25. The molecule has 1 aliphatic carbocycles. The Hall–Kier alpha value is -0.500. The summed E-state index contributed by atoms with van der Waals surface area (Å²) in [4.78, 5) is 0.664. The number of phenols is 1. The van der Waals surface area contributed by atoms with Gasteiger partial charge in [0, 0.05) is 4.83 Å². The molecule has 2 heteroatoms. The van der Waals surface area contributed by atoms with Gasteiger partial charge in [-0.2, -0.15) is 0 Å². The van der Waals surface area contributed by atoms with E-state index in [4.69, 9.17) is 0 Å². The van der Waals surface area contributed by atoms with Crippen LogP contribution in [0.5, 0.6) is 5.75 Å². The SMILES string of the molecule is CC1CCC(Br)C(Cc2ccc(O)cc2)C1. The zero-order valence-corrected chi connectivity index (χ0v) is 11.3. The van der Waals surface area contributed by atoms with Crippen LogP contribution >= 0.6 is 15.9 Å². The molecular weight excluding hydrogens is 264 g/mol. The summed E-state index contributed by atoms with van der Waals surface area (Å²) in [5.74, 6) is 1.96. The Bertz CT molecular complexity index is 333. The third-order valence-electron chi connectivity index (χ3n) is 3.59. The highest BCUT2D eigenvalue weighted by Crippen LogP contribution is 2.35. The van der Waals surface area contributed by atoms with Gasteiger partial charge < -0.3 is 5.11 Å². The number of aromatic hydroxyl groups is 1. The van der Waals surface area contributed by atoms with Crippen molar-refractivity contribution in [2.24, 2.45) is 11.8 Å². The molecule has 1 aromatic carbocycles. The molecule has 0 saturated heterocycles. The fourth-order valence-electron chi connectivity index (χ4n) is 2.61. The van der Waals surface area contributed by atoms with Crippen LogP contribution in [0.1, 0.15) is 31.7 Å². The van der Waals surface area contributed by atoms with Crippen LogP contribution in [0.4, 0.5) is 0 Å². The second kappa shape index (κ2) is 5.22. The third kappa shape index (κ3) is 3.00. The van der Waals surface area contributed by atoms with Gasteiger partial charge in [-0.3, -0.25) is 0 Å². The molecule has 3 atom stereocenters. The molecule has 88 valence electrons. The lowest BCUT2D eigenvalue weighted by Gasteiger charge is -2.31. The zero-order chi connectivity index (χ0) is 11.5. The largest absolute Gasteiger partial charge is 0.508 e. The van der Waals surface area contributed by atoms with Gasteiger partial charge in [-0.15, -0.1) is 0 Å². The number of halogens is 1. The lowest BCUT2D eigenvalue weighted by molar-refractivity contribution is 0.294. The lowest BCUT2D eigenvalue weighted by atomic mass is 9.79. The van der Waals surface area contributed by atoms with Crippen LogP contribution in [-0.2, 0) is 6.42 Å². The minimum Gasteiger partial charge on any atom is -0.508 e. The van der Waals surface area contributed by atoms with E-state index in [2.05, 4.69) is 22.9 Å². The van der Waals surface area contributed by atoms with Crippen molar-refractivity contribution in [1.29, 1.82) is 0 Å². The van der Waals surface area contributed by atoms with Crippen molar-refractivity contribution in [3.05, 3.63) is 29.8 Å². The minimum absolute atomic E-state index is 0.358. The second-order valence-electron chi connectivity index (χ2n) is 5.06. The van der Waals surface area contributed by atoms with Crippen LogP contribution in [0.3, 0.4) is 0 Å². The average Bonchev–Trinajstić information content (AvgIpc) is 2.27. The van der Waals surface area contributed by atoms with Crippen molar-refractivity contribution in [2.75, 3.05) is 0 Å². The van der Waals surface area contributed by atoms with Crippen LogP contribution in [-0.4, -0.2) is 9.93 Å². The van der Waals surface area contributed by atoms with Gasteiger partial charge in [0.25, 0.3) is 0 Å². The maximum Gasteiger partial charge on any atom is 0.115 e. The van der Waals surface area contributed by atoms with Gasteiger partial charge in [0.05, 0.1) is 0 Å². The quantitative estimate of drug-likeness (QED) is 0.809. The van der Waals surface area contributed by atoms with E-state index in [0.29, 0.717) is 10.6 Å². The molecule has 0 heterocycles. The maximum absolute atomic E-state index is 9.25. The molecule has 2 rings (SSSR count). The summed E-state index contributed by atoms with van der Waals surface area (Å²) < 4.78 is 0. The topological polar surface area (TPSA) is 20.2 Å². The van der Waals surface area contributed by atoms with Crippen molar-refractivity contribution in [3.63, 3.8) is 0 Å². The van der Waals surface area contributed by atoms with E-state index in [1.807, 2.05) is 12.1 Å². The second-order valence-corrected chi connectivity index (χ2v) is 6.24. The van der Waals surface area contributed by atoms with Gasteiger partial charge in [0.2, 0.25) is 0 Å². The summed E-state index contributed by atoms with van der Waals surface area (Å²) in [6.07, 6.45) is 5.09. The monoisotopic (exact) mass is 282 g/mol. The molecular formula is C14H19BrO. The molecule has 0 amide bonds. The molecule has 0 spiro atoms. The molecule has 1 aliphatic rings. The Morgan fingerprint density at radius 3 is 2.62 bits per heavy atom. The van der Waals surface area contributed by atoms with E-state index in [1.165, 1.54) is 24.8 Å². The highest BCUT2D eigenvalue weighted by molar-refractivity contribution is 9.09. The van der Waals surface area contributed by atoms with Gasteiger partial charge in [-0.1, -0.05) is 35.0 Å². The molecule has 3 unspecified atom stereocenters. The summed E-state index contributed by atoms with van der Waals surface area (Å²) in [5.41, 5.74) is 1.33. The number of hydrogen-bond acceptors (Lipinski definition) is 1. The Labute approximate surface area is 106 Å². The molecule has 1 saturated carbocycles. The van der Waals surface area contributed by atoms with Crippen molar-refractivity contribution >= 4 is 15.9 Å². The van der Waals surface area contributed by atoms with Gasteiger partial charge in [-0.25, -0.2) is 0 Å². The fourth-order valence-corrected chi connectivity index (χ4v) is 3.27. The first kappa shape index (κ1) is 12.0. The van der Waals surface area contributed by atoms with Crippen LogP contribution < -0.4 is 0 Å². The molecule has 1 aromatic rings. The van der Waals surface area contributed by atoms with E-state index in [1.54, 1.807) is 12.1 Å². The summed E-state index contributed by atoms with van der Waals surface area (Å²) in [7, 11) is 0. The summed E-state index contributed by atoms with van der Waals surface area (Å²) >= 11 is 3.80. The molecule has 0 bridgehead atoms. The van der Waals surface area contributed by atoms with E-state index in [9.17, 15) is 5.11 Å². The van der Waals surface area contributed by atoms with Gasteiger partial charge >= 0.3 is 0 Å². The number of alkyl halides is 1. The predicted octanol–water partition coefficient (Wildman–Crippen LogP) is 4.13. The van der Waals surface area contributed by atoms with Gasteiger partial charge in [0.15, 0.2) is 0 Å². The smallest absolute Gasteiger partial charge is 0.115 e. The summed E-state index contributed by atoms with van der Waals surface area (Å²) in [5, 5.41) is 9.25. The first-order valence-corrected chi connectivity index (χ1v) is 6.98. The standard InChI is InChI=1S/C14H19BrO/c1-10-2-7-14(15)12(8-10)9-11-3-5-13(16)6-4-11/h3-6,10,12,14,16H,2,7-9H2,1H3. The Balaban J connectivity index is 2.00. The molecule has 0 aromatic heterocycles. The third-order valence-corrected chi connectivity index (χ3v) is 4.79. The average molecular weight is 283 g/mol. The van der Waals surface area contributed by atoms with Crippen molar-refractivity contribution in [2.45, 2.75) is 37.4 Å². The fraction of sp³-hybridized carbons (Fsp3) is 0.571. The normalized spacial score (nSPS) is 30.2. The van der Waals surface area contributed by atoms with E-state index in [-0.39, 0.29) is 0 Å². The zero-order valence-electron chi connectivity index (χ0n) is 9.70. The van der Waals surface area contributed by atoms with Crippen molar-refractivity contribution in [1.82, 2.24) is 0 Å². The molecule has 1 nitrogen and oxygen atoms in total. The van der Waals surface area contributed by atoms with Crippen molar-refractivity contribution in [3.8, 4) is 5.75 Å². The first-order valence-electron chi connectivity index (χ1n) is 6.07. The van der Waals surface area contributed by atoms with Crippen LogP contribution in [0.2, 0.25) is 0 Å². The summed E-state index contributed by atoms with van der Waals surface area (Å²) in [6.45, 7) is 2.35. The molecule has 1 fully saturated rings. The Morgan fingerprint density at radius 2 is 1.94 bits per heavy atom. The predicted molar refractivity (Wildman–Crippen MR) is 71.0 cm³/mol. The number of hydrogen-bond donors (Lipinski definition) is 1. The molecule has 0 radical (unpaired) electrons. The molecule has 16 heavy (non-hydrogen) atoms. The minimum atomic E-state index is 0.358. The van der Waals surface area contributed by atoms with E-state index in [0.717, 1.165) is 18.3 Å². The number of phenolic OH excluding ortho intramolecular Hbond substituents is 1. The van der Waals surface area contributed by atoms with Gasteiger partial charge in [0.1, 0.15) is 5.75 Å². The van der Waals surface area contributed by atoms with Gasteiger partial charge in [-0.05, 0) is 55.2 Å². The number of benzene rings is 1. The summed E-state index contributed by atoms with van der Waals surface area (Å²) in [6, 6.07) is 7.64. The Morgan fingerprint density at radius 1 is 1.25 bits per heavy atom. The van der Waals surface area contributed by atoms with Crippen molar-refractivity contribution < 1.29 is 5.11 Å². The maximum atomic E-state index is 9.25. The van der Waals surface area contributed by atoms with Crippen LogP contribution in [0.25, 0.3) is 0 Å². The highest BCUT2D eigenvalue weighted by atomic mass is 79.9. The van der Waals surface area contributed by atoms with Crippen LogP contribution in [0, 0.1) is 11.8 Å². The number of rotatable bonds is 2. The first-order chi connectivity index (χ1) is 7.65. The van der Waals surface area contributed by atoms with Crippen LogP contribution in [0.15, 0.2) is 24.3 Å². The highest BCUT2D eigenvalue weighted by Gasteiger charge is 2.26. The van der Waals surface area contributed by atoms with E-state index >= 15 is 0 Å². The Kier molecular flexibility index (Phi) is 3.91. The molecule has 0 aliphatic heterocycles.